The fraction of sp³-hybridized carbons (Fsp3) is 0.500. The second kappa shape index (κ2) is 7.97. The second-order valence-electron chi connectivity index (χ2n) is 6.35. The normalized spacial score (nSPS) is 15.2. The summed E-state index contributed by atoms with van der Waals surface area (Å²) in [5, 5.41) is 12.4. The van der Waals surface area contributed by atoms with Crippen LogP contribution in [-0.2, 0) is 10.9 Å². The molecule has 0 unspecified atom stereocenters. The Morgan fingerprint density at radius 1 is 1.21 bits per heavy atom. The summed E-state index contributed by atoms with van der Waals surface area (Å²) in [6.45, 7) is 6.46. The predicted octanol–water partition coefficient (Wildman–Crippen LogP) is 3.39. The number of halogens is 6. The molecule has 1 heterocycles. The maximum absolute atomic E-state index is 13.5. The van der Waals surface area contributed by atoms with Gasteiger partial charge in [-0.05, 0) is 18.4 Å². The average molecular weight is 430 g/mol. The standard InChI is InChI=1S/C16H20F6N4O3/c1-6(2)8-9(15(17,18)19)12(28-5)25-11(10(8)23)7(3)29-13(26-24)14(4,27)16(20,21)22/h6,27H,3,23-24H2,1-2,4-5H3/b26-13-/t14-/m0/s1. The van der Waals surface area contributed by atoms with Gasteiger partial charge in [0.1, 0.15) is 17.0 Å². The Kier molecular flexibility index (Phi) is 6.69. The van der Waals surface area contributed by atoms with E-state index in [9.17, 15) is 31.4 Å². The molecule has 0 amide bonds. The lowest BCUT2D eigenvalue weighted by molar-refractivity contribution is -0.227. The number of ether oxygens (including phenoxy) is 2. The van der Waals surface area contributed by atoms with Crippen molar-refractivity contribution >= 4 is 17.3 Å². The SMILES string of the molecule is C=C(O/C(=N\N)[C@](C)(O)C(F)(F)F)c1nc(OC)c(C(F)(F)F)c(C(C)C)c1N. The van der Waals surface area contributed by atoms with Gasteiger partial charge in [-0.15, -0.1) is 5.10 Å². The molecule has 164 valence electrons. The van der Waals surface area contributed by atoms with E-state index in [0.29, 0.717) is 6.92 Å². The smallest absolute Gasteiger partial charge is 0.426 e. The lowest BCUT2D eigenvalue weighted by atomic mass is 9.94. The highest BCUT2D eigenvalue weighted by Crippen LogP contribution is 2.45. The predicted molar refractivity (Wildman–Crippen MR) is 92.7 cm³/mol. The zero-order valence-corrected chi connectivity index (χ0v) is 15.9. The quantitative estimate of drug-likeness (QED) is 0.165. The van der Waals surface area contributed by atoms with Crippen molar-refractivity contribution in [3.63, 3.8) is 0 Å². The zero-order valence-electron chi connectivity index (χ0n) is 15.9. The Hall–Kier alpha value is -2.70. The van der Waals surface area contributed by atoms with Crippen molar-refractivity contribution in [3.05, 3.63) is 23.4 Å². The molecule has 0 spiro atoms. The summed E-state index contributed by atoms with van der Waals surface area (Å²) in [7, 11) is 0.923. The van der Waals surface area contributed by atoms with Crippen LogP contribution in [0, 0.1) is 0 Å². The minimum Gasteiger partial charge on any atom is -0.481 e. The highest BCUT2D eigenvalue weighted by molar-refractivity contribution is 5.90. The number of pyridine rings is 1. The van der Waals surface area contributed by atoms with Crippen molar-refractivity contribution in [2.45, 2.75) is 44.6 Å². The Morgan fingerprint density at radius 2 is 1.72 bits per heavy atom. The molecule has 1 atom stereocenters. The molecule has 1 rings (SSSR count). The van der Waals surface area contributed by atoms with Crippen LogP contribution < -0.4 is 16.3 Å². The van der Waals surface area contributed by atoms with Gasteiger partial charge in [-0.3, -0.25) is 0 Å². The van der Waals surface area contributed by atoms with Gasteiger partial charge in [0.2, 0.25) is 11.5 Å². The number of hydrogen-bond donors (Lipinski definition) is 3. The third kappa shape index (κ3) is 4.66. The molecule has 0 fully saturated rings. The summed E-state index contributed by atoms with van der Waals surface area (Å²) in [4.78, 5) is 3.58. The number of anilines is 1. The van der Waals surface area contributed by atoms with Crippen LogP contribution >= 0.6 is 0 Å². The second-order valence-corrected chi connectivity index (χ2v) is 6.35. The molecule has 0 saturated heterocycles. The number of nitrogens with zero attached hydrogens (tertiary/aromatic N) is 2. The lowest BCUT2D eigenvalue weighted by Crippen LogP contribution is -2.50. The molecule has 5 N–H and O–H groups in total. The van der Waals surface area contributed by atoms with Gasteiger partial charge < -0.3 is 26.2 Å². The number of aromatic nitrogens is 1. The van der Waals surface area contributed by atoms with Gasteiger partial charge in [0.15, 0.2) is 0 Å². The van der Waals surface area contributed by atoms with E-state index < -0.39 is 63.9 Å². The van der Waals surface area contributed by atoms with Gasteiger partial charge in [0.05, 0.1) is 12.8 Å². The summed E-state index contributed by atoms with van der Waals surface area (Å²) in [5.41, 5.74) is -0.537. The zero-order chi connectivity index (χ0) is 22.9. The van der Waals surface area contributed by atoms with Gasteiger partial charge in [0, 0.05) is 0 Å². The molecule has 1 aromatic heterocycles. The number of nitrogens with two attached hydrogens (primary N) is 2. The fourth-order valence-electron chi connectivity index (χ4n) is 2.37. The third-order valence-corrected chi connectivity index (χ3v) is 3.87. The van der Waals surface area contributed by atoms with E-state index in [1.165, 1.54) is 13.8 Å². The largest absolute Gasteiger partial charge is 0.481 e. The fourth-order valence-corrected chi connectivity index (χ4v) is 2.37. The van der Waals surface area contributed by atoms with Gasteiger partial charge >= 0.3 is 12.4 Å². The van der Waals surface area contributed by atoms with E-state index in [1.54, 1.807) is 0 Å². The summed E-state index contributed by atoms with van der Waals surface area (Å²) < 4.78 is 89.0. The van der Waals surface area contributed by atoms with E-state index in [0.717, 1.165) is 7.11 Å². The average Bonchev–Trinajstić information content (AvgIpc) is 2.56. The topological polar surface area (TPSA) is 116 Å². The van der Waals surface area contributed by atoms with Crippen LogP contribution in [0.1, 0.15) is 43.5 Å². The van der Waals surface area contributed by atoms with E-state index in [4.69, 9.17) is 21.1 Å². The number of rotatable bonds is 5. The van der Waals surface area contributed by atoms with Crippen molar-refractivity contribution in [3.8, 4) is 5.88 Å². The molecule has 13 heteroatoms. The summed E-state index contributed by atoms with van der Waals surface area (Å²) in [5.74, 6) is 1.06. The van der Waals surface area contributed by atoms with Crippen LogP contribution in [-0.4, -0.2) is 34.9 Å². The van der Waals surface area contributed by atoms with Crippen molar-refractivity contribution in [1.82, 2.24) is 4.98 Å². The van der Waals surface area contributed by atoms with Crippen molar-refractivity contribution in [2.75, 3.05) is 12.8 Å². The Bertz CT molecular complexity index is 816. The summed E-state index contributed by atoms with van der Waals surface area (Å²) in [6, 6.07) is 0. The first-order valence-corrected chi connectivity index (χ1v) is 7.89. The van der Waals surface area contributed by atoms with Crippen LogP contribution in [0.15, 0.2) is 11.7 Å². The molecular weight excluding hydrogens is 410 g/mol. The Balaban J connectivity index is 3.60. The van der Waals surface area contributed by atoms with Gasteiger partial charge in [-0.25, -0.2) is 4.98 Å². The number of nitrogen functional groups attached to an aromatic ring is 1. The van der Waals surface area contributed by atoms with Crippen LogP contribution in [0.3, 0.4) is 0 Å². The van der Waals surface area contributed by atoms with Crippen LogP contribution in [0.5, 0.6) is 5.88 Å². The Morgan fingerprint density at radius 3 is 2.07 bits per heavy atom. The molecule has 0 saturated carbocycles. The minimum absolute atomic E-state index is 0.315. The summed E-state index contributed by atoms with van der Waals surface area (Å²) in [6.07, 6.45) is -10.1. The Labute approximate surface area is 162 Å². The number of hydrogen-bond acceptors (Lipinski definition) is 7. The van der Waals surface area contributed by atoms with Gasteiger partial charge in [-0.2, -0.15) is 26.3 Å². The molecule has 0 bridgehead atoms. The monoisotopic (exact) mass is 430 g/mol. The van der Waals surface area contributed by atoms with Crippen molar-refractivity contribution in [2.24, 2.45) is 10.9 Å². The molecule has 7 nitrogen and oxygen atoms in total. The molecular formula is C16H20F6N4O3. The van der Waals surface area contributed by atoms with Crippen LogP contribution in [0.2, 0.25) is 0 Å². The summed E-state index contributed by atoms with van der Waals surface area (Å²) >= 11 is 0. The maximum atomic E-state index is 13.5. The first-order valence-electron chi connectivity index (χ1n) is 7.89. The molecule has 0 radical (unpaired) electrons. The van der Waals surface area contributed by atoms with E-state index in [2.05, 4.69) is 16.7 Å². The van der Waals surface area contributed by atoms with Crippen LogP contribution in [0.25, 0.3) is 5.76 Å². The van der Waals surface area contributed by atoms with E-state index >= 15 is 0 Å². The number of alkyl halides is 6. The molecule has 0 aromatic carbocycles. The third-order valence-electron chi connectivity index (χ3n) is 3.87. The lowest BCUT2D eigenvalue weighted by Gasteiger charge is -2.27. The van der Waals surface area contributed by atoms with E-state index in [-0.39, 0.29) is 0 Å². The van der Waals surface area contributed by atoms with E-state index in [1.807, 2.05) is 0 Å². The maximum Gasteiger partial charge on any atom is 0.426 e. The molecule has 1 aromatic rings. The van der Waals surface area contributed by atoms with Crippen LogP contribution in [0.4, 0.5) is 32.0 Å². The first kappa shape index (κ1) is 24.3. The first-order chi connectivity index (χ1) is 13.0. The van der Waals surface area contributed by atoms with Crippen molar-refractivity contribution < 1.29 is 40.9 Å². The number of aliphatic hydroxyl groups is 1. The molecule has 0 aliphatic rings. The van der Waals surface area contributed by atoms with Gasteiger partial charge in [-0.1, -0.05) is 20.4 Å². The number of hydrazone groups is 1. The highest BCUT2D eigenvalue weighted by atomic mass is 19.4. The van der Waals surface area contributed by atoms with Gasteiger partial charge in [0.25, 0.3) is 5.90 Å². The number of methoxy groups -OCH3 is 1. The molecule has 0 aliphatic carbocycles. The highest BCUT2D eigenvalue weighted by Gasteiger charge is 2.56. The minimum atomic E-state index is -5.23. The molecule has 29 heavy (non-hydrogen) atoms. The van der Waals surface area contributed by atoms with Crippen molar-refractivity contribution in [1.29, 1.82) is 0 Å². The molecule has 0 aliphatic heterocycles.